The minimum Gasteiger partial charge on any atom is -0.376 e. The van der Waals surface area contributed by atoms with E-state index < -0.39 is 11.9 Å². The van der Waals surface area contributed by atoms with Crippen LogP contribution in [-0.2, 0) is 4.79 Å². The van der Waals surface area contributed by atoms with E-state index in [1.807, 2.05) is 26.0 Å². The molecule has 0 aliphatic heterocycles. The van der Waals surface area contributed by atoms with Gasteiger partial charge in [0.1, 0.15) is 0 Å². The van der Waals surface area contributed by atoms with Crippen LogP contribution in [0.3, 0.4) is 0 Å². The van der Waals surface area contributed by atoms with Gasteiger partial charge < -0.3 is 10.6 Å². The second-order valence-corrected chi connectivity index (χ2v) is 4.88. The molecule has 1 rings (SSSR count). The molecule has 1 aromatic rings. The first-order valence-electron chi connectivity index (χ1n) is 6.60. The normalized spacial score (nSPS) is 9.95. The molecule has 20 heavy (non-hydrogen) atoms. The van der Waals surface area contributed by atoms with Crippen LogP contribution in [-0.4, -0.2) is 25.0 Å². The molecule has 0 aromatic heterocycles. The smallest absolute Gasteiger partial charge is 0.321 e. The standard InChI is InChI=1S/C14H20ClN3O2/c1-3-4-7-16-14(20)18-13(19)9-17-11-6-5-10(2)12(15)8-11/h5-6,8,17H,3-4,7,9H2,1-2H3,(H2,16,18,19,20). The fourth-order valence-corrected chi connectivity index (χ4v) is 1.66. The van der Waals surface area contributed by atoms with Gasteiger partial charge in [-0.1, -0.05) is 31.0 Å². The number of hydrogen-bond donors (Lipinski definition) is 3. The number of nitrogens with one attached hydrogen (secondary N) is 3. The van der Waals surface area contributed by atoms with Gasteiger partial charge in [-0.2, -0.15) is 0 Å². The first kappa shape index (κ1) is 16.3. The van der Waals surface area contributed by atoms with E-state index in [0.717, 1.165) is 24.1 Å². The molecule has 0 unspecified atom stereocenters. The molecule has 0 aliphatic carbocycles. The Balaban J connectivity index is 2.32. The molecule has 1 aromatic carbocycles. The number of anilines is 1. The third-order valence-electron chi connectivity index (χ3n) is 2.69. The Kier molecular flexibility index (Phi) is 6.87. The van der Waals surface area contributed by atoms with Crippen LogP contribution in [0.4, 0.5) is 10.5 Å². The van der Waals surface area contributed by atoms with Crippen LogP contribution in [0, 0.1) is 6.92 Å². The molecule has 0 heterocycles. The Morgan fingerprint density at radius 3 is 2.70 bits per heavy atom. The van der Waals surface area contributed by atoms with Gasteiger partial charge in [0.25, 0.3) is 0 Å². The van der Waals surface area contributed by atoms with Crippen LogP contribution >= 0.6 is 11.6 Å². The Morgan fingerprint density at radius 1 is 1.30 bits per heavy atom. The third kappa shape index (κ3) is 5.93. The topological polar surface area (TPSA) is 70.2 Å². The monoisotopic (exact) mass is 297 g/mol. The Hall–Kier alpha value is -1.75. The van der Waals surface area contributed by atoms with E-state index in [2.05, 4.69) is 16.0 Å². The number of carbonyl (C=O) groups excluding carboxylic acids is 2. The van der Waals surface area contributed by atoms with Crippen molar-refractivity contribution in [2.24, 2.45) is 0 Å². The van der Waals surface area contributed by atoms with E-state index >= 15 is 0 Å². The molecule has 3 N–H and O–H groups in total. The molecule has 0 saturated heterocycles. The first-order chi connectivity index (χ1) is 9.52. The number of imide groups is 1. The Bertz CT molecular complexity index is 477. The van der Waals surface area contributed by atoms with Crippen LogP contribution < -0.4 is 16.0 Å². The Morgan fingerprint density at radius 2 is 2.05 bits per heavy atom. The summed E-state index contributed by atoms with van der Waals surface area (Å²) in [5.74, 6) is -0.393. The molecule has 0 aliphatic rings. The van der Waals surface area contributed by atoms with Crippen molar-refractivity contribution in [1.82, 2.24) is 10.6 Å². The van der Waals surface area contributed by atoms with Crippen LogP contribution in [0.1, 0.15) is 25.3 Å². The lowest BCUT2D eigenvalue weighted by Gasteiger charge is -2.09. The third-order valence-corrected chi connectivity index (χ3v) is 3.10. The lowest BCUT2D eigenvalue weighted by molar-refractivity contribution is -0.118. The van der Waals surface area contributed by atoms with Crippen LogP contribution in [0.25, 0.3) is 0 Å². The molecular formula is C14H20ClN3O2. The van der Waals surface area contributed by atoms with Crippen molar-refractivity contribution in [3.63, 3.8) is 0 Å². The van der Waals surface area contributed by atoms with Crippen molar-refractivity contribution in [3.05, 3.63) is 28.8 Å². The molecule has 0 spiro atoms. The predicted octanol–water partition coefficient (Wildman–Crippen LogP) is 2.69. The highest BCUT2D eigenvalue weighted by Gasteiger charge is 2.06. The maximum absolute atomic E-state index is 11.5. The van der Waals surface area contributed by atoms with E-state index in [1.54, 1.807) is 6.07 Å². The maximum Gasteiger partial charge on any atom is 0.321 e. The number of rotatable bonds is 6. The summed E-state index contributed by atoms with van der Waals surface area (Å²) in [6.07, 6.45) is 1.88. The van der Waals surface area contributed by atoms with E-state index in [-0.39, 0.29) is 6.54 Å². The predicted molar refractivity (Wildman–Crippen MR) is 81.1 cm³/mol. The summed E-state index contributed by atoms with van der Waals surface area (Å²) in [5.41, 5.74) is 1.71. The molecule has 0 atom stereocenters. The zero-order valence-corrected chi connectivity index (χ0v) is 12.5. The van der Waals surface area contributed by atoms with Gasteiger partial charge in [-0.05, 0) is 31.0 Å². The van der Waals surface area contributed by atoms with E-state index in [0.29, 0.717) is 11.6 Å². The lowest BCUT2D eigenvalue weighted by Crippen LogP contribution is -2.42. The molecule has 5 nitrogen and oxygen atoms in total. The minimum absolute atomic E-state index is 0.0145. The highest BCUT2D eigenvalue weighted by molar-refractivity contribution is 6.31. The van der Waals surface area contributed by atoms with Gasteiger partial charge >= 0.3 is 6.03 Å². The number of unbranched alkanes of at least 4 members (excludes halogenated alkanes) is 1. The van der Waals surface area contributed by atoms with Gasteiger partial charge in [-0.25, -0.2) is 4.79 Å². The molecule has 0 fully saturated rings. The average Bonchev–Trinajstić information content (AvgIpc) is 2.40. The summed E-state index contributed by atoms with van der Waals surface area (Å²) < 4.78 is 0. The summed E-state index contributed by atoms with van der Waals surface area (Å²) in [7, 11) is 0. The molecule has 0 radical (unpaired) electrons. The molecule has 0 saturated carbocycles. The SMILES string of the molecule is CCCCNC(=O)NC(=O)CNc1ccc(C)c(Cl)c1. The van der Waals surface area contributed by atoms with Crippen molar-refractivity contribution in [2.75, 3.05) is 18.4 Å². The van der Waals surface area contributed by atoms with Crippen molar-refractivity contribution in [2.45, 2.75) is 26.7 Å². The lowest BCUT2D eigenvalue weighted by atomic mass is 10.2. The number of urea groups is 1. The fourth-order valence-electron chi connectivity index (χ4n) is 1.48. The van der Waals surface area contributed by atoms with E-state index in [4.69, 9.17) is 11.6 Å². The van der Waals surface area contributed by atoms with E-state index in [9.17, 15) is 9.59 Å². The zero-order valence-electron chi connectivity index (χ0n) is 11.8. The second-order valence-electron chi connectivity index (χ2n) is 4.48. The van der Waals surface area contributed by atoms with Crippen LogP contribution in [0.5, 0.6) is 0 Å². The fraction of sp³-hybridized carbons (Fsp3) is 0.429. The molecule has 0 bridgehead atoms. The molecule has 110 valence electrons. The van der Waals surface area contributed by atoms with Crippen molar-refractivity contribution < 1.29 is 9.59 Å². The van der Waals surface area contributed by atoms with E-state index in [1.165, 1.54) is 0 Å². The first-order valence-corrected chi connectivity index (χ1v) is 6.98. The summed E-state index contributed by atoms with van der Waals surface area (Å²) in [6, 6.07) is 4.97. The summed E-state index contributed by atoms with van der Waals surface area (Å²) >= 11 is 5.98. The number of benzene rings is 1. The summed E-state index contributed by atoms with van der Waals surface area (Å²) in [6.45, 7) is 4.51. The van der Waals surface area contributed by atoms with Gasteiger partial charge in [-0.3, -0.25) is 10.1 Å². The number of hydrogen-bond acceptors (Lipinski definition) is 3. The quantitative estimate of drug-likeness (QED) is 0.707. The van der Waals surface area contributed by atoms with Crippen molar-refractivity contribution in [1.29, 1.82) is 0 Å². The highest BCUT2D eigenvalue weighted by atomic mass is 35.5. The average molecular weight is 298 g/mol. The van der Waals surface area contributed by atoms with Gasteiger partial charge in [0.15, 0.2) is 0 Å². The zero-order chi connectivity index (χ0) is 15.0. The van der Waals surface area contributed by atoms with Crippen LogP contribution in [0.15, 0.2) is 18.2 Å². The van der Waals surface area contributed by atoms with Gasteiger partial charge in [0.2, 0.25) is 5.91 Å². The highest BCUT2D eigenvalue weighted by Crippen LogP contribution is 2.19. The van der Waals surface area contributed by atoms with Crippen molar-refractivity contribution in [3.8, 4) is 0 Å². The van der Waals surface area contributed by atoms with Gasteiger partial charge in [-0.15, -0.1) is 0 Å². The number of carbonyl (C=O) groups is 2. The summed E-state index contributed by atoms with van der Waals surface area (Å²) in [4.78, 5) is 22.9. The van der Waals surface area contributed by atoms with Crippen LogP contribution in [0.2, 0.25) is 5.02 Å². The summed E-state index contributed by atoms with van der Waals surface area (Å²) in [5, 5.41) is 8.40. The van der Waals surface area contributed by atoms with Gasteiger partial charge in [0.05, 0.1) is 6.54 Å². The maximum atomic E-state index is 11.5. The number of amides is 3. The molecule has 3 amide bonds. The number of aryl methyl sites for hydroxylation is 1. The second kappa shape index (κ2) is 8.43. The minimum atomic E-state index is -0.466. The van der Waals surface area contributed by atoms with Gasteiger partial charge in [0, 0.05) is 17.3 Å². The number of halogens is 1. The Labute approximate surface area is 124 Å². The largest absolute Gasteiger partial charge is 0.376 e. The van der Waals surface area contributed by atoms with Crippen molar-refractivity contribution >= 4 is 29.2 Å². The molecular weight excluding hydrogens is 278 g/mol. The molecule has 6 heteroatoms.